The predicted molar refractivity (Wildman–Crippen MR) is 80.0 cm³/mol. The van der Waals surface area contributed by atoms with Crippen molar-refractivity contribution >= 4 is 23.1 Å². The van der Waals surface area contributed by atoms with E-state index in [1.165, 1.54) is 0 Å². The Bertz CT molecular complexity index is 716. The highest BCUT2D eigenvalue weighted by molar-refractivity contribution is 6.30. The van der Waals surface area contributed by atoms with Gasteiger partial charge in [0.05, 0.1) is 0 Å². The molecule has 0 radical (unpaired) electrons. The van der Waals surface area contributed by atoms with Crippen LogP contribution in [0.3, 0.4) is 0 Å². The van der Waals surface area contributed by atoms with Crippen molar-refractivity contribution < 1.29 is 0 Å². The summed E-state index contributed by atoms with van der Waals surface area (Å²) in [5.74, 6) is 1.35. The molecule has 0 saturated carbocycles. The summed E-state index contributed by atoms with van der Waals surface area (Å²) >= 11 is 5.99. The first-order valence-corrected chi connectivity index (χ1v) is 6.45. The molecular formula is C15H11ClN4. The Labute approximate surface area is 121 Å². The number of aromatic nitrogens is 3. The van der Waals surface area contributed by atoms with Crippen LogP contribution < -0.4 is 5.32 Å². The molecule has 98 valence electrons. The Balaban J connectivity index is 1.90. The molecule has 4 nitrogen and oxygen atoms in total. The average molecular weight is 283 g/mol. The van der Waals surface area contributed by atoms with Gasteiger partial charge in [0.15, 0.2) is 5.82 Å². The van der Waals surface area contributed by atoms with Crippen LogP contribution in [0.15, 0.2) is 61.1 Å². The van der Waals surface area contributed by atoms with Crippen molar-refractivity contribution in [2.24, 2.45) is 0 Å². The highest BCUT2D eigenvalue weighted by Crippen LogP contribution is 2.21. The number of nitrogens with one attached hydrogen (secondary N) is 1. The molecule has 20 heavy (non-hydrogen) atoms. The van der Waals surface area contributed by atoms with E-state index in [0.29, 0.717) is 10.8 Å². The predicted octanol–water partition coefficient (Wildman–Crippen LogP) is 3.94. The van der Waals surface area contributed by atoms with Crippen LogP contribution in [0, 0.1) is 0 Å². The quantitative estimate of drug-likeness (QED) is 0.790. The van der Waals surface area contributed by atoms with Crippen molar-refractivity contribution in [1.29, 1.82) is 0 Å². The van der Waals surface area contributed by atoms with E-state index < -0.39 is 0 Å². The highest BCUT2D eigenvalue weighted by Gasteiger charge is 2.03. The van der Waals surface area contributed by atoms with E-state index in [1.807, 2.05) is 42.5 Å². The first-order chi connectivity index (χ1) is 9.81. The zero-order valence-corrected chi connectivity index (χ0v) is 11.2. The SMILES string of the molecule is Clc1cccc(-c2nccc(Nc3ccncc3)n2)c1. The summed E-state index contributed by atoms with van der Waals surface area (Å²) in [6.45, 7) is 0. The molecule has 5 heteroatoms. The van der Waals surface area contributed by atoms with Crippen molar-refractivity contribution in [3.8, 4) is 11.4 Å². The molecule has 3 rings (SSSR count). The van der Waals surface area contributed by atoms with Crippen molar-refractivity contribution in [1.82, 2.24) is 15.0 Å². The summed E-state index contributed by atoms with van der Waals surface area (Å²) in [7, 11) is 0. The number of hydrogen-bond acceptors (Lipinski definition) is 4. The lowest BCUT2D eigenvalue weighted by Crippen LogP contribution is -1.96. The lowest BCUT2D eigenvalue weighted by atomic mass is 10.2. The fourth-order valence-corrected chi connectivity index (χ4v) is 1.97. The molecule has 0 aliphatic heterocycles. The van der Waals surface area contributed by atoms with Gasteiger partial charge < -0.3 is 5.32 Å². The maximum Gasteiger partial charge on any atom is 0.161 e. The number of hydrogen-bond donors (Lipinski definition) is 1. The molecule has 2 heterocycles. The molecule has 0 saturated heterocycles. The van der Waals surface area contributed by atoms with Crippen LogP contribution in [-0.4, -0.2) is 15.0 Å². The Kier molecular flexibility index (Phi) is 3.56. The number of nitrogens with zero attached hydrogens (tertiary/aromatic N) is 3. The van der Waals surface area contributed by atoms with Crippen LogP contribution in [-0.2, 0) is 0 Å². The third kappa shape index (κ3) is 2.92. The number of rotatable bonds is 3. The third-order valence-corrected chi connectivity index (χ3v) is 2.93. The molecule has 1 aromatic carbocycles. The summed E-state index contributed by atoms with van der Waals surface area (Å²) in [5.41, 5.74) is 1.81. The van der Waals surface area contributed by atoms with Gasteiger partial charge >= 0.3 is 0 Å². The van der Waals surface area contributed by atoms with Crippen LogP contribution in [0.4, 0.5) is 11.5 Å². The van der Waals surface area contributed by atoms with E-state index in [0.717, 1.165) is 17.1 Å². The summed E-state index contributed by atoms with van der Waals surface area (Å²) < 4.78 is 0. The minimum absolute atomic E-state index is 0.631. The largest absolute Gasteiger partial charge is 0.340 e. The van der Waals surface area contributed by atoms with Crippen molar-refractivity contribution in [3.63, 3.8) is 0 Å². The smallest absolute Gasteiger partial charge is 0.161 e. The van der Waals surface area contributed by atoms with Gasteiger partial charge in [0, 0.05) is 34.9 Å². The molecule has 1 N–H and O–H groups in total. The molecule has 0 spiro atoms. The van der Waals surface area contributed by atoms with E-state index >= 15 is 0 Å². The zero-order valence-electron chi connectivity index (χ0n) is 10.5. The Morgan fingerprint density at radius 1 is 0.950 bits per heavy atom. The van der Waals surface area contributed by atoms with Crippen molar-refractivity contribution in [2.45, 2.75) is 0 Å². The Morgan fingerprint density at radius 3 is 2.60 bits per heavy atom. The van der Waals surface area contributed by atoms with E-state index in [2.05, 4.69) is 20.3 Å². The molecule has 2 aromatic heterocycles. The highest BCUT2D eigenvalue weighted by atomic mass is 35.5. The Morgan fingerprint density at radius 2 is 1.80 bits per heavy atom. The van der Waals surface area contributed by atoms with Crippen LogP contribution in [0.2, 0.25) is 5.02 Å². The van der Waals surface area contributed by atoms with Gasteiger partial charge in [-0.3, -0.25) is 4.98 Å². The van der Waals surface area contributed by atoms with Crippen LogP contribution in [0.25, 0.3) is 11.4 Å². The summed E-state index contributed by atoms with van der Waals surface area (Å²) in [6.07, 6.45) is 5.16. The lowest BCUT2D eigenvalue weighted by Gasteiger charge is -2.06. The monoisotopic (exact) mass is 282 g/mol. The maximum absolute atomic E-state index is 5.99. The maximum atomic E-state index is 5.99. The zero-order chi connectivity index (χ0) is 13.8. The standard InChI is InChI=1S/C15H11ClN4/c16-12-3-1-2-11(10-12)15-18-9-6-14(20-15)19-13-4-7-17-8-5-13/h1-10H,(H,17,18,19,20). The second kappa shape index (κ2) is 5.67. The van der Waals surface area contributed by atoms with E-state index in [-0.39, 0.29) is 0 Å². The average Bonchev–Trinajstić information content (AvgIpc) is 2.49. The molecule has 3 aromatic rings. The molecule has 0 unspecified atom stereocenters. The van der Waals surface area contributed by atoms with Crippen LogP contribution in [0.1, 0.15) is 0 Å². The summed E-state index contributed by atoms with van der Waals surface area (Å²) in [4.78, 5) is 12.7. The third-order valence-electron chi connectivity index (χ3n) is 2.69. The molecule has 0 atom stereocenters. The van der Waals surface area contributed by atoms with Gasteiger partial charge in [0.1, 0.15) is 5.82 Å². The van der Waals surface area contributed by atoms with Crippen LogP contribution in [0.5, 0.6) is 0 Å². The summed E-state index contributed by atoms with van der Waals surface area (Å²) in [6, 6.07) is 13.0. The van der Waals surface area contributed by atoms with Gasteiger partial charge in [-0.05, 0) is 30.3 Å². The number of pyridine rings is 1. The van der Waals surface area contributed by atoms with Gasteiger partial charge in [-0.1, -0.05) is 23.7 Å². The topological polar surface area (TPSA) is 50.7 Å². The second-order valence-electron chi connectivity index (χ2n) is 4.14. The molecule has 0 fully saturated rings. The molecule has 0 amide bonds. The number of benzene rings is 1. The first kappa shape index (κ1) is 12.6. The van der Waals surface area contributed by atoms with Gasteiger partial charge in [0.2, 0.25) is 0 Å². The molecule has 0 bridgehead atoms. The van der Waals surface area contributed by atoms with Crippen molar-refractivity contribution in [3.05, 3.63) is 66.1 Å². The fraction of sp³-hybridized carbons (Fsp3) is 0. The van der Waals surface area contributed by atoms with Gasteiger partial charge in [-0.25, -0.2) is 9.97 Å². The summed E-state index contributed by atoms with van der Waals surface area (Å²) in [5, 5.41) is 3.87. The first-order valence-electron chi connectivity index (χ1n) is 6.07. The molecule has 0 aliphatic rings. The minimum Gasteiger partial charge on any atom is -0.340 e. The van der Waals surface area contributed by atoms with Crippen molar-refractivity contribution in [2.75, 3.05) is 5.32 Å². The normalized spacial score (nSPS) is 10.2. The van der Waals surface area contributed by atoms with E-state index in [1.54, 1.807) is 18.6 Å². The fourth-order valence-electron chi connectivity index (χ4n) is 1.78. The van der Waals surface area contributed by atoms with E-state index in [4.69, 9.17) is 11.6 Å². The van der Waals surface area contributed by atoms with Gasteiger partial charge in [0.25, 0.3) is 0 Å². The minimum atomic E-state index is 0.631. The van der Waals surface area contributed by atoms with Gasteiger partial charge in [-0.15, -0.1) is 0 Å². The molecular weight excluding hydrogens is 272 g/mol. The van der Waals surface area contributed by atoms with Crippen LogP contribution >= 0.6 is 11.6 Å². The van der Waals surface area contributed by atoms with Gasteiger partial charge in [-0.2, -0.15) is 0 Å². The molecule has 0 aliphatic carbocycles. The number of anilines is 2. The van der Waals surface area contributed by atoms with E-state index in [9.17, 15) is 0 Å². The Hall–Kier alpha value is -2.46. The number of halogens is 1. The lowest BCUT2D eigenvalue weighted by molar-refractivity contribution is 1.17. The second-order valence-corrected chi connectivity index (χ2v) is 4.57.